The SMILES string of the molecule is COc1cc(C2C(C#N)=C(N)Oc3cc(OC(=O)c4oc5ccccc5c4C)ccc32)ccc1OCc1ccccc1F. The summed E-state index contributed by atoms with van der Waals surface area (Å²) in [6.45, 7) is 1.80. The van der Waals surface area contributed by atoms with E-state index in [1.807, 2.05) is 18.2 Å². The first kappa shape index (κ1) is 27.4. The van der Waals surface area contributed by atoms with Crippen LogP contribution in [0.5, 0.6) is 23.0 Å². The lowest BCUT2D eigenvalue weighted by molar-refractivity contribution is 0.0702. The normalized spacial score (nSPS) is 14.0. The van der Waals surface area contributed by atoms with Crippen molar-refractivity contribution in [1.82, 2.24) is 0 Å². The average molecular weight is 577 g/mol. The molecule has 2 heterocycles. The number of nitrogens with zero attached hydrogens (tertiary/aromatic N) is 1. The number of fused-ring (bicyclic) bond motifs is 2. The fraction of sp³-hybridized carbons (Fsp3) is 0.118. The van der Waals surface area contributed by atoms with Gasteiger partial charge in [-0.15, -0.1) is 0 Å². The Morgan fingerprint density at radius 3 is 2.58 bits per heavy atom. The Balaban J connectivity index is 1.29. The Kier molecular flexibility index (Phi) is 7.18. The number of allylic oxidation sites excluding steroid dienone is 1. The van der Waals surface area contributed by atoms with Crippen molar-refractivity contribution in [3.63, 3.8) is 0 Å². The molecule has 2 N–H and O–H groups in total. The van der Waals surface area contributed by atoms with Gasteiger partial charge in [-0.1, -0.05) is 48.5 Å². The molecule has 0 saturated carbocycles. The molecular formula is C34H25FN2O6. The second kappa shape index (κ2) is 11.3. The second-order valence-corrected chi connectivity index (χ2v) is 9.86. The highest BCUT2D eigenvalue weighted by Crippen LogP contribution is 2.45. The molecule has 9 heteroatoms. The van der Waals surface area contributed by atoms with Crippen LogP contribution in [0, 0.1) is 24.1 Å². The average Bonchev–Trinajstić information content (AvgIpc) is 3.36. The van der Waals surface area contributed by atoms with Gasteiger partial charge >= 0.3 is 5.97 Å². The third kappa shape index (κ3) is 5.11. The summed E-state index contributed by atoms with van der Waals surface area (Å²) in [7, 11) is 1.49. The van der Waals surface area contributed by atoms with Crippen LogP contribution in [0.4, 0.5) is 4.39 Å². The van der Waals surface area contributed by atoms with E-state index in [0.717, 1.165) is 5.39 Å². The van der Waals surface area contributed by atoms with E-state index in [1.165, 1.54) is 13.2 Å². The van der Waals surface area contributed by atoms with Crippen LogP contribution in [0.1, 0.15) is 38.7 Å². The van der Waals surface area contributed by atoms with Crippen molar-refractivity contribution in [1.29, 1.82) is 5.26 Å². The number of aryl methyl sites for hydroxylation is 1. The maximum atomic E-state index is 14.1. The Labute approximate surface area is 246 Å². The van der Waals surface area contributed by atoms with Gasteiger partial charge in [0.2, 0.25) is 11.6 Å². The summed E-state index contributed by atoms with van der Waals surface area (Å²) in [5, 5.41) is 10.8. The zero-order chi connectivity index (χ0) is 30.1. The van der Waals surface area contributed by atoms with Crippen molar-refractivity contribution in [2.45, 2.75) is 19.4 Å². The number of para-hydroxylation sites is 1. The van der Waals surface area contributed by atoms with Gasteiger partial charge in [0.25, 0.3) is 0 Å². The zero-order valence-electron chi connectivity index (χ0n) is 23.2. The van der Waals surface area contributed by atoms with Gasteiger partial charge in [0, 0.05) is 28.1 Å². The smallest absolute Gasteiger partial charge is 0.379 e. The minimum atomic E-state index is -0.655. The topological polar surface area (TPSA) is 117 Å². The maximum absolute atomic E-state index is 14.1. The van der Waals surface area contributed by atoms with E-state index in [1.54, 1.807) is 67.6 Å². The van der Waals surface area contributed by atoms with Crippen molar-refractivity contribution in [3.05, 3.63) is 130 Å². The van der Waals surface area contributed by atoms with Crippen LogP contribution < -0.4 is 24.7 Å². The molecule has 6 rings (SSSR count). The first-order chi connectivity index (χ1) is 20.9. The van der Waals surface area contributed by atoms with E-state index in [-0.39, 0.29) is 35.4 Å². The van der Waals surface area contributed by atoms with Gasteiger partial charge in [0.05, 0.1) is 13.0 Å². The molecule has 1 unspecified atom stereocenters. The number of hydrogen-bond acceptors (Lipinski definition) is 8. The zero-order valence-corrected chi connectivity index (χ0v) is 23.2. The molecule has 0 amide bonds. The fourth-order valence-corrected chi connectivity index (χ4v) is 5.12. The van der Waals surface area contributed by atoms with Gasteiger partial charge in [-0.2, -0.15) is 5.26 Å². The van der Waals surface area contributed by atoms with Gasteiger partial charge in [-0.05, 0) is 42.8 Å². The van der Waals surface area contributed by atoms with Gasteiger partial charge < -0.3 is 29.1 Å². The van der Waals surface area contributed by atoms with Crippen LogP contribution in [-0.4, -0.2) is 13.1 Å². The monoisotopic (exact) mass is 576 g/mol. The number of furan rings is 1. The van der Waals surface area contributed by atoms with Crippen LogP contribution in [-0.2, 0) is 6.61 Å². The number of nitrogens with two attached hydrogens (primary N) is 1. The number of hydrogen-bond donors (Lipinski definition) is 1. The van der Waals surface area contributed by atoms with Gasteiger partial charge in [0.15, 0.2) is 11.5 Å². The van der Waals surface area contributed by atoms with Crippen molar-refractivity contribution < 1.29 is 32.5 Å². The van der Waals surface area contributed by atoms with E-state index < -0.39 is 11.9 Å². The number of methoxy groups -OCH3 is 1. The molecule has 1 atom stereocenters. The quantitative estimate of drug-likeness (QED) is 0.164. The van der Waals surface area contributed by atoms with E-state index in [4.69, 9.17) is 29.1 Å². The van der Waals surface area contributed by atoms with Gasteiger partial charge in [0.1, 0.15) is 41.1 Å². The molecule has 5 aromatic rings. The van der Waals surface area contributed by atoms with Crippen molar-refractivity contribution in [2.75, 3.05) is 7.11 Å². The van der Waals surface area contributed by atoms with E-state index in [0.29, 0.717) is 45.1 Å². The Bertz CT molecular complexity index is 1950. The summed E-state index contributed by atoms with van der Waals surface area (Å²) < 4.78 is 42.7. The van der Waals surface area contributed by atoms with E-state index in [9.17, 15) is 14.4 Å². The number of nitriles is 1. The Morgan fingerprint density at radius 1 is 1.02 bits per heavy atom. The summed E-state index contributed by atoms with van der Waals surface area (Å²) in [6.07, 6.45) is 0. The molecule has 214 valence electrons. The van der Waals surface area contributed by atoms with E-state index in [2.05, 4.69) is 6.07 Å². The van der Waals surface area contributed by atoms with Crippen LogP contribution in [0.2, 0.25) is 0 Å². The number of rotatable bonds is 7. The molecule has 1 aliphatic heterocycles. The largest absolute Gasteiger partial charge is 0.493 e. The third-order valence-electron chi connectivity index (χ3n) is 7.29. The number of carbonyl (C=O) groups excluding carboxylic acids is 1. The molecule has 0 bridgehead atoms. The van der Waals surface area contributed by atoms with Crippen LogP contribution in [0.25, 0.3) is 11.0 Å². The molecule has 0 aliphatic carbocycles. The summed E-state index contributed by atoms with van der Waals surface area (Å²) in [4.78, 5) is 13.0. The molecule has 43 heavy (non-hydrogen) atoms. The standard InChI is InChI=1S/C34H25FN2O6/c1-19-23-8-4-6-10-27(23)42-32(19)34(38)41-22-12-13-24-29(16-22)43-33(37)25(17-36)31(24)20-11-14-28(30(15-20)39-2)40-18-21-7-3-5-9-26(21)35/h3-16,31H,18,37H2,1-2H3. The Hall–Kier alpha value is -5.75. The van der Waals surface area contributed by atoms with Gasteiger partial charge in [-0.3, -0.25) is 0 Å². The highest BCUT2D eigenvalue weighted by atomic mass is 19.1. The minimum Gasteiger partial charge on any atom is -0.493 e. The van der Waals surface area contributed by atoms with Crippen molar-refractivity contribution in [3.8, 4) is 29.1 Å². The van der Waals surface area contributed by atoms with E-state index >= 15 is 0 Å². The highest BCUT2D eigenvalue weighted by molar-refractivity contribution is 5.96. The highest BCUT2D eigenvalue weighted by Gasteiger charge is 2.32. The molecule has 1 aromatic heterocycles. The summed E-state index contributed by atoms with van der Waals surface area (Å²) in [5.74, 6) is -0.261. The van der Waals surface area contributed by atoms with Crippen molar-refractivity contribution in [2.24, 2.45) is 5.73 Å². The molecule has 0 saturated heterocycles. The molecule has 4 aromatic carbocycles. The number of halogens is 1. The first-order valence-electron chi connectivity index (χ1n) is 13.3. The maximum Gasteiger partial charge on any atom is 0.379 e. The summed E-state index contributed by atoms with van der Waals surface area (Å²) in [5.41, 5.74) is 9.37. The fourth-order valence-electron chi connectivity index (χ4n) is 5.12. The molecule has 8 nitrogen and oxygen atoms in total. The predicted molar refractivity (Wildman–Crippen MR) is 155 cm³/mol. The minimum absolute atomic E-state index is 0.00777. The van der Waals surface area contributed by atoms with Crippen molar-refractivity contribution >= 4 is 16.9 Å². The van der Waals surface area contributed by atoms with Crippen LogP contribution in [0.3, 0.4) is 0 Å². The Morgan fingerprint density at radius 2 is 1.81 bits per heavy atom. The molecular weight excluding hydrogens is 551 g/mol. The lowest BCUT2D eigenvalue weighted by atomic mass is 9.83. The number of benzene rings is 4. The van der Waals surface area contributed by atoms with Crippen LogP contribution in [0.15, 0.2) is 101 Å². The summed E-state index contributed by atoms with van der Waals surface area (Å²) in [6, 6.07) is 25.9. The molecule has 1 aliphatic rings. The first-order valence-corrected chi connectivity index (χ1v) is 13.3. The molecule has 0 fully saturated rings. The predicted octanol–water partition coefficient (Wildman–Crippen LogP) is 6.91. The summed E-state index contributed by atoms with van der Waals surface area (Å²) >= 11 is 0. The molecule has 0 spiro atoms. The lowest BCUT2D eigenvalue weighted by Crippen LogP contribution is -2.21. The lowest BCUT2D eigenvalue weighted by Gasteiger charge is -2.27. The number of esters is 1. The second-order valence-electron chi connectivity index (χ2n) is 9.86. The number of ether oxygens (including phenoxy) is 4. The third-order valence-corrected chi connectivity index (χ3v) is 7.29. The number of carbonyl (C=O) groups is 1. The van der Waals surface area contributed by atoms with Gasteiger partial charge in [-0.25, -0.2) is 9.18 Å². The van der Waals surface area contributed by atoms with Crippen LogP contribution >= 0.6 is 0 Å². The molecule has 0 radical (unpaired) electrons.